The van der Waals surface area contributed by atoms with E-state index in [1.165, 1.54) is 15.6 Å². The molecule has 0 amide bonds. The topological polar surface area (TPSA) is 65.5 Å². The molecule has 0 spiro atoms. The van der Waals surface area contributed by atoms with Crippen molar-refractivity contribution in [3.63, 3.8) is 0 Å². The lowest BCUT2D eigenvalue weighted by Gasteiger charge is -2.35. The molecule has 0 radical (unpaired) electrons. The van der Waals surface area contributed by atoms with Crippen LogP contribution >= 0.6 is 11.5 Å². The van der Waals surface area contributed by atoms with Gasteiger partial charge in [-0.2, -0.15) is 4.37 Å². The van der Waals surface area contributed by atoms with Crippen LogP contribution in [0.5, 0.6) is 0 Å². The van der Waals surface area contributed by atoms with E-state index < -0.39 is 10.0 Å². The summed E-state index contributed by atoms with van der Waals surface area (Å²) in [6.45, 7) is 6.91. The van der Waals surface area contributed by atoms with Crippen molar-refractivity contribution in [2.75, 3.05) is 48.1 Å². The minimum Gasteiger partial charge on any atom is -0.353 e. The molecule has 2 aromatic carbocycles. The number of nitrogens with one attached hydrogen (secondary N) is 1. The summed E-state index contributed by atoms with van der Waals surface area (Å²) in [4.78, 5) is 4.88. The second kappa shape index (κ2) is 9.32. The Morgan fingerprint density at radius 2 is 1.77 bits per heavy atom. The van der Waals surface area contributed by atoms with Crippen LogP contribution in [0.25, 0.3) is 10.1 Å². The lowest BCUT2D eigenvalue weighted by Crippen LogP contribution is -2.47. The van der Waals surface area contributed by atoms with Crippen molar-refractivity contribution in [1.29, 1.82) is 0 Å². The SMILES string of the molecule is CCCS(=O)(=O)Nc1ccc(CCN2CCN(c3nsc4ccccc34)CC2)cc1. The quantitative estimate of drug-likeness (QED) is 0.572. The number of aromatic nitrogens is 1. The zero-order valence-electron chi connectivity index (χ0n) is 17.3. The summed E-state index contributed by atoms with van der Waals surface area (Å²) < 4.78 is 32.3. The third-order valence-corrected chi connectivity index (χ3v) is 7.76. The molecule has 3 aromatic rings. The van der Waals surface area contributed by atoms with E-state index >= 15 is 0 Å². The maximum Gasteiger partial charge on any atom is 0.232 e. The number of hydrogen-bond donors (Lipinski definition) is 1. The molecule has 0 aliphatic carbocycles. The van der Waals surface area contributed by atoms with Crippen molar-refractivity contribution in [3.05, 3.63) is 54.1 Å². The summed E-state index contributed by atoms with van der Waals surface area (Å²) in [6.07, 6.45) is 1.57. The monoisotopic (exact) mass is 444 g/mol. The Kier molecular flexibility index (Phi) is 6.55. The van der Waals surface area contributed by atoms with E-state index in [-0.39, 0.29) is 5.75 Å². The van der Waals surface area contributed by atoms with Crippen molar-refractivity contribution >= 4 is 43.1 Å². The van der Waals surface area contributed by atoms with E-state index in [1.807, 2.05) is 31.2 Å². The van der Waals surface area contributed by atoms with E-state index in [4.69, 9.17) is 0 Å². The van der Waals surface area contributed by atoms with Gasteiger partial charge >= 0.3 is 0 Å². The fourth-order valence-corrected chi connectivity index (χ4v) is 5.74. The van der Waals surface area contributed by atoms with E-state index in [1.54, 1.807) is 11.5 Å². The number of piperazine rings is 1. The van der Waals surface area contributed by atoms with Crippen LogP contribution in [-0.4, -0.2) is 56.2 Å². The van der Waals surface area contributed by atoms with Crippen molar-refractivity contribution in [2.24, 2.45) is 0 Å². The molecule has 1 N–H and O–H groups in total. The Labute approximate surface area is 182 Å². The molecular weight excluding hydrogens is 416 g/mol. The highest BCUT2D eigenvalue weighted by atomic mass is 32.2. The van der Waals surface area contributed by atoms with Crippen LogP contribution in [0.1, 0.15) is 18.9 Å². The average Bonchev–Trinajstić information content (AvgIpc) is 3.17. The minimum atomic E-state index is -3.23. The molecule has 6 nitrogen and oxygen atoms in total. The summed E-state index contributed by atoms with van der Waals surface area (Å²) in [7, 11) is -3.23. The van der Waals surface area contributed by atoms with Gasteiger partial charge in [0.05, 0.1) is 10.5 Å². The molecule has 0 saturated carbocycles. The van der Waals surface area contributed by atoms with Gasteiger partial charge in [-0.15, -0.1) is 0 Å². The number of anilines is 2. The normalized spacial score (nSPS) is 15.6. The van der Waals surface area contributed by atoms with Crippen LogP contribution < -0.4 is 9.62 Å². The van der Waals surface area contributed by atoms with E-state index in [0.717, 1.165) is 45.0 Å². The summed E-state index contributed by atoms with van der Waals surface area (Å²) in [5.41, 5.74) is 1.86. The number of rotatable bonds is 8. The molecule has 30 heavy (non-hydrogen) atoms. The molecule has 1 aliphatic heterocycles. The van der Waals surface area contributed by atoms with E-state index in [9.17, 15) is 8.42 Å². The van der Waals surface area contributed by atoms with Crippen LogP contribution in [0.4, 0.5) is 11.5 Å². The Hall–Kier alpha value is -2.16. The Morgan fingerprint density at radius 3 is 2.50 bits per heavy atom. The van der Waals surface area contributed by atoms with Crippen LogP contribution in [0, 0.1) is 0 Å². The first-order chi connectivity index (χ1) is 14.5. The number of fused-ring (bicyclic) bond motifs is 1. The highest BCUT2D eigenvalue weighted by Gasteiger charge is 2.20. The molecule has 4 rings (SSSR count). The van der Waals surface area contributed by atoms with Crippen LogP contribution in [-0.2, 0) is 16.4 Å². The van der Waals surface area contributed by atoms with Crippen LogP contribution in [0.15, 0.2) is 48.5 Å². The van der Waals surface area contributed by atoms with Gasteiger partial charge < -0.3 is 4.90 Å². The van der Waals surface area contributed by atoms with Crippen molar-refractivity contribution < 1.29 is 8.42 Å². The number of sulfonamides is 1. The zero-order valence-corrected chi connectivity index (χ0v) is 18.9. The lowest BCUT2D eigenvalue weighted by molar-refractivity contribution is 0.261. The smallest absolute Gasteiger partial charge is 0.232 e. The molecular formula is C22H28N4O2S2. The molecule has 0 bridgehead atoms. The summed E-state index contributed by atoms with van der Waals surface area (Å²) in [6, 6.07) is 16.2. The van der Waals surface area contributed by atoms with Crippen molar-refractivity contribution in [1.82, 2.24) is 9.27 Å². The molecule has 1 saturated heterocycles. The third-order valence-electron chi connectivity index (χ3n) is 5.45. The maximum absolute atomic E-state index is 11.9. The molecule has 1 aromatic heterocycles. The van der Waals surface area contributed by atoms with Gasteiger partial charge in [0.1, 0.15) is 5.82 Å². The predicted molar refractivity (Wildman–Crippen MR) is 126 cm³/mol. The van der Waals surface area contributed by atoms with Gasteiger partial charge in [-0.05, 0) is 54.2 Å². The molecule has 1 fully saturated rings. The number of hydrogen-bond acceptors (Lipinski definition) is 6. The number of benzene rings is 2. The van der Waals surface area contributed by atoms with Crippen LogP contribution in [0.2, 0.25) is 0 Å². The predicted octanol–water partition coefficient (Wildman–Crippen LogP) is 3.81. The van der Waals surface area contributed by atoms with Crippen LogP contribution in [0.3, 0.4) is 0 Å². The molecule has 0 unspecified atom stereocenters. The average molecular weight is 445 g/mol. The van der Waals surface area contributed by atoms with Crippen molar-refractivity contribution in [2.45, 2.75) is 19.8 Å². The number of nitrogens with zero attached hydrogens (tertiary/aromatic N) is 3. The Morgan fingerprint density at radius 1 is 1.03 bits per heavy atom. The van der Waals surface area contributed by atoms with Gasteiger partial charge in [0.2, 0.25) is 10.0 Å². The second-order valence-electron chi connectivity index (χ2n) is 7.70. The minimum absolute atomic E-state index is 0.150. The molecule has 160 valence electrons. The van der Waals surface area contributed by atoms with Gasteiger partial charge in [0.25, 0.3) is 0 Å². The standard InChI is InChI=1S/C22H28N4O2S2/c1-2-17-30(27,28)24-19-9-7-18(8-10-19)11-12-25-13-15-26(16-14-25)22-20-5-3-4-6-21(20)29-23-22/h3-10,24H,2,11-17H2,1H3. The van der Waals surface area contributed by atoms with Gasteiger partial charge in [0.15, 0.2) is 0 Å². The van der Waals surface area contributed by atoms with Gasteiger partial charge in [-0.25, -0.2) is 8.42 Å². The first-order valence-corrected chi connectivity index (χ1v) is 12.9. The highest BCUT2D eigenvalue weighted by Crippen LogP contribution is 2.29. The fraction of sp³-hybridized carbons (Fsp3) is 0.409. The lowest BCUT2D eigenvalue weighted by atomic mass is 10.1. The van der Waals surface area contributed by atoms with E-state index in [0.29, 0.717) is 12.1 Å². The summed E-state index contributed by atoms with van der Waals surface area (Å²) in [5, 5.41) is 1.26. The fourth-order valence-electron chi connectivity index (χ4n) is 3.81. The molecule has 0 atom stereocenters. The molecule has 8 heteroatoms. The third kappa shape index (κ3) is 5.11. The summed E-state index contributed by atoms with van der Waals surface area (Å²) in [5.74, 6) is 1.27. The maximum atomic E-state index is 11.9. The van der Waals surface area contributed by atoms with Gasteiger partial charge in [-0.3, -0.25) is 9.62 Å². The Balaban J connectivity index is 1.27. The first kappa shape index (κ1) is 21.1. The summed E-state index contributed by atoms with van der Waals surface area (Å²) >= 11 is 1.57. The second-order valence-corrected chi connectivity index (χ2v) is 10.3. The molecule has 1 aliphatic rings. The van der Waals surface area contributed by atoms with Gasteiger partial charge in [-0.1, -0.05) is 31.2 Å². The van der Waals surface area contributed by atoms with Crippen molar-refractivity contribution in [3.8, 4) is 0 Å². The molecule has 2 heterocycles. The Bertz CT molecular complexity index is 1070. The first-order valence-electron chi connectivity index (χ1n) is 10.5. The highest BCUT2D eigenvalue weighted by molar-refractivity contribution is 7.92. The van der Waals surface area contributed by atoms with Gasteiger partial charge in [0, 0.05) is 43.8 Å². The van der Waals surface area contributed by atoms with E-state index in [2.05, 4.69) is 43.2 Å². The largest absolute Gasteiger partial charge is 0.353 e. The zero-order chi connectivity index (χ0) is 21.0.